The molecule has 148 valence electrons. The molecule has 3 aromatic carbocycles. The van der Waals surface area contributed by atoms with Crippen LogP contribution in [-0.4, -0.2) is 11.8 Å². The first-order chi connectivity index (χ1) is 14.6. The van der Waals surface area contributed by atoms with Crippen LogP contribution in [0, 0.1) is 42.4 Å². The Morgan fingerprint density at radius 3 is 2.07 bits per heavy atom. The summed E-state index contributed by atoms with van der Waals surface area (Å²) < 4.78 is 0. The Morgan fingerprint density at radius 1 is 0.733 bits per heavy atom. The van der Waals surface area contributed by atoms with Crippen LogP contribution >= 0.6 is 0 Å². The Hall–Kier alpha value is -2.94. The van der Waals surface area contributed by atoms with Crippen molar-refractivity contribution in [1.29, 1.82) is 0 Å². The highest BCUT2D eigenvalue weighted by atomic mass is 16.2. The monoisotopic (exact) mass is 393 g/mol. The second-order valence-electron chi connectivity index (χ2n) is 9.71. The van der Waals surface area contributed by atoms with Crippen LogP contribution < -0.4 is 4.90 Å². The van der Waals surface area contributed by atoms with E-state index in [4.69, 9.17) is 0 Å². The topological polar surface area (TPSA) is 37.4 Å². The number of nitrogens with zero attached hydrogens (tertiary/aromatic N) is 1. The van der Waals surface area contributed by atoms with Crippen LogP contribution in [0.5, 0.6) is 0 Å². The van der Waals surface area contributed by atoms with E-state index in [9.17, 15) is 9.59 Å². The fourth-order valence-electron chi connectivity index (χ4n) is 7.38. The molecule has 4 fully saturated rings. The second kappa shape index (κ2) is 5.60. The highest BCUT2D eigenvalue weighted by Crippen LogP contribution is 2.77. The van der Waals surface area contributed by atoms with E-state index in [1.54, 1.807) is 0 Å². The third-order valence-corrected chi connectivity index (χ3v) is 8.46. The number of benzene rings is 3. The van der Waals surface area contributed by atoms with Crippen molar-refractivity contribution < 1.29 is 9.59 Å². The van der Waals surface area contributed by atoms with Gasteiger partial charge in [0.25, 0.3) is 0 Å². The van der Waals surface area contributed by atoms with Crippen LogP contribution in [0.4, 0.5) is 5.69 Å². The molecule has 3 aromatic rings. The van der Waals surface area contributed by atoms with Crippen LogP contribution in [0.2, 0.25) is 0 Å². The maximum absolute atomic E-state index is 13.4. The number of rotatable bonds is 2. The summed E-state index contributed by atoms with van der Waals surface area (Å²) in [7, 11) is 0. The van der Waals surface area contributed by atoms with Crippen molar-refractivity contribution in [2.45, 2.75) is 19.3 Å². The van der Waals surface area contributed by atoms with E-state index in [-0.39, 0.29) is 23.7 Å². The van der Waals surface area contributed by atoms with Gasteiger partial charge in [0.2, 0.25) is 11.8 Å². The first-order valence-corrected chi connectivity index (χ1v) is 11.1. The molecule has 3 heteroatoms. The SMILES string of the molecule is Cc1ccc(N2C(=O)[C@@H]3[C@H]4C[C@@H]([C@@H]3C2=O)[C@@H]2C(c3cccc5ccccc35)[C@H]42)cc1. The molecule has 1 saturated heterocycles. The Kier molecular flexibility index (Phi) is 3.14. The first kappa shape index (κ1) is 16.8. The molecule has 3 saturated carbocycles. The van der Waals surface area contributed by atoms with Crippen LogP contribution in [0.25, 0.3) is 10.8 Å². The molecule has 7 atom stereocenters. The van der Waals surface area contributed by atoms with Gasteiger partial charge >= 0.3 is 0 Å². The average molecular weight is 393 g/mol. The zero-order valence-corrected chi connectivity index (χ0v) is 16.9. The third kappa shape index (κ3) is 1.96. The lowest BCUT2D eigenvalue weighted by Gasteiger charge is -2.19. The molecule has 1 aliphatic heterocycles. The molecular formula is C27H23NO2. The van der Waals surface area contributed by atoms with E-state index in [0.717, 1.165) is 17.7 Å². The summed E-state index contributed by atoms with van der Waals surface area (Å²) in [5.74, 6) is 2.25. The molecule has 4 aliphatic rings. The normalized spacial score (nSPS) is 35.8. The summed E-state index contributed by atoms with van der Waals surface area (Å²) in [4.78, 5) is 28.3. The molecule has 0 radical (unpaired) electrons. The molecular weight excluding hydrogens is 370 g/mol. The van der Waals surface area contributed by atoms with Gasteiger partial charge in [0.1, 0.15) is 0 Å². The summed E-state index contributed by atoms with van der Waals surface area (Å²) in [6, 6.07) is 23.0. The van der Waals surface area contributed by atoms with Gasteiger partial charge in [0.15, 0.2) is 0 Å². The van der Waals surface area contributed by atoms with Crippen molar-refractivity contribution in [2.24, 2.45) is 35.5 Å². The third-order valence-electron chi connectivity index (χ3n) is 8.46. The first-order valence-electron chi connectivity index (χ1n) is 11.1. The van der Waals surface area contributed by atoms with Gasteiger partial charge in [0, 0.05) is 0 Å². The minimum atomic E-state index is -0.106. The minimum Gasteiger partial charge on any atom is -0.274 e. The molecule has 3 aliphatic carbocycles. The Balaban J connectivity index is 1.24. The van der Waals surface area contributed by atoms with Crippen molar-refractivity contribution in [1.82, 2.24) is 0 Å². The number of aryl methyl sites for hydroxylation is 1. The predicted molar refractivity (Wildman–Crippen MR) is 116 cm³/mol. The smallest absolute Gasteiger partial charge is 0.237 e. The average Bonchev–Trinajstić information content (AvgIpc) is 3.08. The lowest BCUT2D eigenvalue weighted by Crippen LogP contribution is -2.33. The maximum atomic E-state index is 13.4. The van der Waals surface area contributed by atoms with Gasteiger partial charge in [-0.3, -0.25) is 14.5 Å². The number of hydrogen-bond donors (Lipinski definition) is 0. The molecule has 0 N–H and O–H groups in total. The lowest BCUT2D eigenvalue weighted by molar-refractivity contribution is -0.123. The van der Waals surface area contributed by atoms with Gasteiger partial charge in [-0.05, 0) is 71.4 Å². The number of amides is 2. The molecule has 0 aromatic heterocycles. The highest BCUT2D eigenvalue weighted by Gasteiger charge is 2.76. The zero-order chi connectivity index (χ0) is 20.1. The van der Waals surface area contributed by atoms with Gasteiger partial charge in [-0.25, -0.2) is 0 Å². The van der Waals surface area contributed by atoms with Crippen LogP contribution in [-0.2, 0) is 9.59 Å². The fraction of sp³-hybridized carbons (Fsp3) is 0.333. The Morgan fingerprint density at radius 2 is 1.37 bits per heavy atom. The van der Waals surface area contributed by atoms with Crippen LogP contribution in [0.3, 0.4) is 0 Å². The van der Waals surface area contributed by atoms with Gasteiger partial charge in [-0.2, -0.15) is 0 Å². The zero-order valence-electron chi connectivity index (χ0n) is 16.9. The number of fused-ring (bicyclic) bond motifs is 9. The molecule has 1 heterocycles. The van der Waals surface area contributed by atoms with E-state index in [1.165, 1.54) is 21.2 Å². The van der Waals surface area contributed by atoms with Gasteiger partial charge < -0.3 is 0 Å². The van der Waals surface area contributed by atoms with Crippen molar-refractivity contribution in [3.8, 4) is 0 Å². The summed E-state index contributed by atoms with van der Waals surface area (Å²) in [5, 5.41) is 2.62. The van der Waals surface area contributed by atoms with Crippen molar-refractivity contribution in [3.05, 3.63) is 77.9 Å². The minimum absolute atomic E-state index is 0.0448. The molecule has 2 amide bonds. The summed E-state index contributed by atoms with van der Waals surface area (Å²) >= 11 is 0. The molecule has 30 heavy (non-hydrogen) atoms. The number of carbonyl (C=O) groups excluding carboxylic acids is 2. The largest absolute Gasteiger partial charge is 0.274 e. The van der Waals surface area contributed by atoms with E-state index in [0.29, 0.717) is 29.6 Å². The van der Waals surface area contributed by atoms with E-state index >= 15 is 0 Å². The number of anilines is 1. The molecule has 2 bridgehead atoms. The van der Waals surface area contributed by atoms with Crippen molar-refractivity contribution >= 4 is 28.3 Å². The van der Waals surface area contributed by atoms with Crippen molar-refractivity contribution in [2.75, 3.05) is 4.90 Å². The van der Waals surface area contributed by atoms with Crippen LogP contribution in [0.15, 0.2) is 66.7 Å². The van der Waals surface area contributed by atoms with Gasteiger partial charge in [-0.15, -0.1) is 0 Å². The Bertz CT molecular complexity index is 1190. The van der Waals surface area contributed by atoms with Crippen LogP contribution in [0.1, 0.15) is 23.5 Å². The van der Waals surface area contributed by atoms with Gasteiger partial charge in [0.05, 0.1) is 17.5 Å². The quantitative estimate of drug-likeness (QED) is 0.579. The van der Waals surface area contributed by atoms with E-state index in [2.05, 4.69) is 42.5 Å². The maximum Gasteiger partial charge on any atom is 0.237 e. The molecule has 3 nitrogen and oxygen atoms in total. The highest BCUT2D eigenvalue weighted by molar-refractivity contribution is 6.22. The van der Waals surface area contributed by atoms with Crippen molar-refractivity contribution in [3.63, 3.8) is 0 Å². The summed E-state index contributed by atoms with van der Waals surface area (Å²) in [6.45, 7) is 2.02. The van der Waals surface area contributed by atoms with E-state index < -0.39 is 0 Å². The predicted octanol–water partition coefficient (Wildman–Crippen LogP) is 4.93. The standard InChI is InChI=1S/C27H23NO2/c1-14-9-11-16(12-10-14)28-26(29)24-19-13-20(25(24)27(28)30)23-21(22(19)23)18-8-4-6-15-5-2-3-7-17(15)18/h2-12,19-25H,13H2,1H3/t19-,20+,21?,22-,23+,24+,25-. The summed E-state index contributed by atoms with van der Waals surface area (Å²) in [6.07, 6.45) is 1.06. The van der Waals surface area contributed by atoms with Gasteiger partial charge in [-0.1, -0.05) is 60.2 Å². The fourth-order valence-corrected chi connectivity index (χ4v) is 7.38. The lowest BCUT2D eigenvalue weighted by atomic mass is 9.81. The number of imide groups is 1. The molecule has 1 unspecified atom stereocenters. The summed E-state index contributed by atoms with van der Waals surface area (Å²) in [5.41, 5.74) is 3.30. The van der Waals surface area contributed by atoms with E-state index in [1.807, 2.05) is 31.2 Å². The number of carbonyl (C=O) groups is 2. The second-order valence-corrected chi connectivity index (χ2v) is 9.71. The number of hydrogen-bond acceptors (Lipinski definition) is 2. The Labute approximate surface area is 175 Å². The molecule has 0 spiro atoms. The molecule has 7 rings (SSSR count).